The Morgan fingerprint density at radius 2 is 2.13 bits per heavy atom. The quantitative estimate of drug-likeness (QED) is 0.434. The number of halogens is 1. The van der Waals surface area contributed by atoms with Gasteiger partial charge in [0.05, 0.1) is 40.9 Å². The maximum absolute atomic E-state index is 13.2. The van der Waals surface area contributed by atoms with Crippen LogP contribution in [0, 0.1) is 6.92 Å². The first kappa shape index (κ1) is 26.6. The molecular weight excluding hydrogens is 526 g/mol. The minimum Gasteiger partial charge on any atom is -0.394 e. The number of fused-ring (bicyclic) bond motifs is 1. The van der Waals surface area contributed by atoms with Crippen LogP contribution >= 0.6 is 22.9 Å². The van der Waals surface area contributed by atoms with Crippen LogP contribution in [0.5, 0.6) is 0 Å². The molecule has 0 unspecified atom stereocenters. The Morgan fingerprint density at radius 1 is 1.34 bits per heavy atom. The van der Waals surface area contributed by atoms with Crippen LogP contribution in [-0.2, 0) is 16.1 Å². The zero-order valence-electron chi connectivity index (χ0n) is 21.3. The van der Waals surface area contributed by atoms with Gasteiger partial charge in [-0.2, -0.15) is 0 Å². The van der Waals surface area contributed by atoms with Crippen LogP contribution in [0.3, 0.4) is 0 Å². The van der Waals surface area contributed by atoms with Crippen molar-refractivity contribution < 1.29 is 19.4 Å². The summed E-state index contributed by atoms with van der Waals surface area (Å²) in [4.78, 5) is 39.9. The van der Waals surface area contributed by atoms with E-state index in [-0.39, 0.29) is 31.0 Å². The minimum absolute atomic E-state index is 0.0676. The van der Waals surface area contributed by atoms with Gasteiger partial charge in [0.1, 0.15) is 12.2 Å². The van der Waals surface area contributed by atoms with E-state index in [9.17, 15) is 14.7 Å². The molecule has 2 amide bonds. The average molecular weight is 556 g/mol. The van der Waals surface area contributed by atoms with Gasteiger partial charge in [-0.15, -0.1) is 11.3 Å². The molecule has 0 spiro atoms. The third kappa shape index (κ3) is 5.54. The number of likely N-dealkylation sites (N-methyl/N-ethyl adjacent to an activating group) is 1. The number of nitrogens with one attached hydrogen (secondary N) is 1. The number of aryl methyl sites for hydroxylation is 1. The molecule has 1 atom stereocenters. The average Bonchev–Trinajstić information content (AvgIpc) is 3.45. The van der Waals surface area contributed by atoms with Gasteiger partial charge in [0.25, 0.3) is 5.91 Å². The number of anilines is 1. The molecule has 5 rings (SSSR count). The molecule has 1 aromatic carbocycles. The summed E-state index contributed by atoms with van der Waals surface area (Å²) in [7, 11) is 1.66. The molecule has 2 aromatic heterocycles. The first-order valence-electron chi connectivity index (χ1n) is 12.6. The van der Waals surface area contributed by atoms with Crippen molar-refractivity contribution in [3.05, 3.63) is 63.1 Å². The van der Waals surface area contributed by atoms with Crippen LogP contribution in [0.25, 0.3) is 10.6 Å². The van der Waals surface area contributed by atoms with Crippen LogP contribution in [0.4, 0.5) is 5.95 Å². The van der Waals surface area contributed by atoms with Crippen molar-refractivity contribution in [1.82, 2.24) is 19.8 Å². The number of aliphatic hydroxyl groups excluding tert-OH is 1. The van der Waals surface area contributed by atoms with Gasteiger partial charge in [0.2, 0.25) is 11.9 Å². The number of hydrogen-bond donors (Lipinski definition) is 2. The number of thiophene rings is 1. The second kappa shape index (κ2) is 11.4. The molecule has 1 saturated heterocycles. The van der Waals surface area contributed by atoms with Crippen molar-refractivity contribution in [2.75, 3.05) is 38.7 Å². The highest BCUT2D eigenvalue weighted by Gasteiger charge is 2.33. The summed E-state index contributed by atoms with van der Waals surface area (Å²) in [5.74, 6) is 0.0570. The Labute approximate surface area is 230 Å². The standard InChI is InChI=1S/C27H30ClN5O4S/c1-16-4-3-5-17(10-16)21(15-34)32(2)24(35)14-33-13-23-19(26(33)36)11-22(38-23)25-20(28)12-29-27(31-25)30-18-6-8-37-9-7-18/h3-5,10-12,18,21,34H,6-9,13-15H2,1-2H3,(H,29,30,31)/t21-/m1/s1. The summed E-state index contributed by atoms with van der Waals surface area (Å²) >= 11 is 7.88. The highest BCUT2D eigenvalue weighted by molar-refractivity contribution is 7.16. The van der Waals surface area contributed by atoms with Crippen molar-refractivity contribution in [1.29, 1.82) is 0 Å². The second-order valence-corrected chi connectivity index (χ2v) is 11.2. The Hall–Kier alpha value is -3.05. The zero-order chi connectivity index (χ0) is 26.8. The smallest absolute Gasteiger partial charge is 0.255 e. The number of rotatable bonds is 8. The third-order valence-corrected chi connectivity index (χ3v) is 8.38. The maximum atomic E-state index is 13.2. The van der Waals surface area contributed by atoms with Gasteiger partial charge in [-0.1, -0.05) is 41.4 Å². The first-order chi connectivity index (χ1) is 18.3. The van der Waals surface area contributed by atoms with Crippen molar-refractivity contribution in [2.24, 2.45) is 0 Å². The van der Waals surface area contributed by atoms with E-state index in [4.69, 9.17) is 16.3 Å². The number of benzene rings is 1. The van der Waals surface area contributed by atoms with E-state index in [0.717, 1.165) is 33.7 Å². The lowest BCUT2D eigenvalue weighted by atomic mass is 10.0. The van der Waals surface area contributed by atoms with Crippen molar-refractivity contribution >= 4 is 40.7 Å². The van der Waals surface area contributed by atoms with E-state index in [0.29, 0.717) is 42.0 Å². The minimum atomic E-state index is -0.482. The van der Waals surface area contributed by atoms with E-state index in [1.807, 2.05) is 31.2 Å². The predicted octanol–water partition coefficient (Wildman–Crippen LogP) is 3.91. The molecule has 2 aliphatic rings. The van der Waals surface area contributed by atoms with Gasteiger partial charge in [0.15, 0.2) is 0 Å². The Kier molecular flexibility index (Phi) is 7.94. The molecule has 200 valence electrons. The maximum Gasteiger partial charge on any atom is 0.255 e. The predicted molar refractivity (Wildman–Crippen MR) is 146 cm³/mol. The fraction of sp³-hybridized carbons (Fsp3) is 0.407. The van der Waals surface area contributed by atoms with Gasteiger partial charge >= 0.3 is 0 Å². The van der Waals surface area contributed by atoms with E-state index in [1.54, 1.807) is 19.3 Å². The third-order valence-electron chi connectivity index (χ3n) is 6.98. The Bertz CT molecular complexity index is 1340. The number of hydrogen-bond acceptors (Lipinski definition) is 8. The number of carbonyl (C=O) groups excluding carboxylic acids is 2. The lowest BCUT2D eigenvalue weighted by Gasteiger charge is -2.29. The van der Waals surface area contributed by atoms with E-state index in [2.05, 4.69) is 15.3 Å². The lowest BCUT2D eigenvalue weighted by molar-refractivity contribution is -0.133. The highest BCUT2D eigenvalue weighted by atomic mass is 35.5. The summed E-state index contributed by atoms with van der Waals surface area (Å²) < 4.78 is 5.41. The first-order valence-corrected chi connectivity index (χ1v) is 13.8. The van der Waals surface area contributed by atoms with Gasteiger partial charge in [-0.25, -0.2) is 9.97 Å². The van der Waals surface area contributed by atoms with E-state index < -0.39 is 6.04 Å². The topological polar surface area (TPSA) is 108 Å². The van der Waals surface area contributed by atoms with E-state index in [1.165, 1.54) is 21.1 Å². The number of nitrogens with zero attached hydrogens (tertiary/aromatic N) is 4. The van der Waals surface area contributed by atoms with Gasteiger partial charge < -0.3 is 25.0 Å². The van der Waals surface area contributed by atoms with E-state index >= 15 is 0 Å². The van der Waals surface area contributed by atoms with Crippen LogP contribution in [0.1, 0.15) is 45.2 Å². The molecule has 0 radical (unpaired) electrons. The van der Waals surface area contributed by atoms with Gasteiger partial charge in [0, 0.05) is 31.2 Å². The molecule has 11 heteroatoms. The van der Waals surface area contributed by atoms with Crippen molar-refractivity contribution in [3.63, 3.8) is 0 Å². The molecular formula is C27H30ClN5O4S. The molecule has 2 aliphatic heterocycles. The van der Waals surface area contributed by atoms with Crippen molar-refractivity contribution in [2.45, 2.75) is 38.4 Å². The fourth-order valence-corrected chi connectivity index (χ4v) is 6.22. The molecule has 0 saturated carbocycles. The highest BCUT2D eigenvalue weighted by Crippen LogP contribution is 2.39. The number of aliphatic hydroxyl groups is 1. The zero-order valence-corrected chi connectivity index (χ0v) is 22.9. The number of carbonyl (C=O) groups is 2. The monoisotopic (exact) mass is 555 g/mol. The largest absolute Gasteiger partial charge is 0.394 e. The Morgan fingerprint density at radius 3 is 2.84 bits per heavy atom. The number of amides is 2. The van der Waals surface area contributed by atoms with Crippen LogP contribution in [0.15, 0.2) is 36.5 Å². The molecule has 0 bridgehead atoms. The molecule has 9 nitrogen and oxygen atoms in total. The van der Waals surface area contributed by atoms with Gasteiger partial charge in [-0.3, -0.25) is 9.59 Å². The summed E-state index contributed by atoms with van der Waals surface area (Å²) in [6.45, 7) is 3.44. The summed E-state index contributed by atoms with van der Waals surface area (Å²) in [5, 5.41) is 13.7. The summed E-state index contributed by atoms with van der Waals surface area (Å²) in [6, 6.07) is 9.27. The number of aromatic nitrogens is 2. The molecule has 38 heavy (non-hydrogen) atoms. The van der Waals surface area contributed by atoms with Gasteiger partial charge in [-0.05, 0) is 31.4 Å². The molecule has 0 aliphatic carbocycles. The Balaban J connectivity index is 1.27. The van der Waals surface area contributed by atoms with Crippen LogP contribution < -0.4 is 5.32 Å². The summed E-state index contributed by atoms with van der Waals surface area (Å²) in [6.07, 6.45) is 3.35. The lowest BCUT2D eigenvalue weighted by Crippen LogP contribution is -2.41. The fourth-order valence-electron chi connectivity index (χ4n) is 4.80. The van der Waals surface area contributed by atoms with Crippen molar-refractivity contribution in [3.8, 4) is 10.6 Å². The molecule has 1 fully saturated rings. The normalized spacial score (nSPS) is 16.4. The molecule has 3 aromatic rings. The second-order valence-electron chi connectivity index (χ2n) is 9.65. The number of ether oxygens (including phenoxy) is 1. The van der Waals surface area contributed by atoms with Crippen LogP contribution in [0.2, 0.25) is 5.02 Å². The summed E-state index contributed by atoms with van der Waals surface area (Å²) in [5.41, 5.74) is 3.04. The van der Waals surface area contributed by atoms with Crippen LogP contribution in [-0.4, -0.2) is 76.1 Å². The SMILES string of the molecule is Cc1cccc([C@@H](CO)N(C)C(=O)CN2Cc3sc(-c4nc(NC5CCOCC5)ncc4Cl)cc3C2=O)c1. The molecule has 2 N–H and O–H groups in total. The molecule has 4 heterocycles.